The smallest absolute Gasteiger partial charge is 0.160 e. The van der Waals surface area contributed by atoms with Crippen LogP contribution in [0.25, 0.3) is 0 Å². The normalized spacial score (nSPS) is 42.6. The van der Waals surface area contributed by atoms with Crippen molar-refractivity contribution in [2.24, 2.45) is 5.92 Å². The van der Waals surface area contributed by atoms with Gasteiger partial charge in [-0.3, -0.25) is 0 Å². The molecule has 1 rings (SSSR count). The molecule has 14 heavy (non-hydrogen) atoms. The third-order valence-corrected chi connectivity index (χ3v) is 2.21. The molecular weight excluding hydrogens is 188 g/mol. The van der Waals surface area contributed by atoms with Gasteiger partial charge in [0, 0.05) is 5.92 Å². The maximum absolute atomic E-state index is 9.32. The van der Waals surface area contributed by atoms with E-state index in [2.05, 4.69) is 0 Å². The topological polar surface area (TPSA) is 90.2 Å². The van der Waals surface area contributed by atoms with Gasteiger partial charge in [-0.05, 0) is 0 Å². The minimum absolute atomic E-state index is 0.415. The van der Waals surface area contributed by atoms with Gasteiger partial charge in [-0.1, -0.05) is 20.8 Å². The second-order valence-corrected chi connectivity index (χ2v) is 3.09. The van der Waals surface area contributed by atoms with E-state index in [1.165, 1.54) is 0 Å². The molecule has 1 aliphatic heterocycles. The van der Waals surface area contributed by atoms with Crippen molar-refractivity contribution in [2.75, 3.05) is 6.61 Å². The van der Waals surface area contributed by atoms with Crippen LogP contribution in [0.1, 0.15) is 20.8 Å². The standard InChI is InChI=1S/C7H14O5.C2H6/c1-3-5(9)6(10)4(2-8)12-7(3)11;1-2/h3-11H,2H2,1H3;1-2H3. The van der Waals surface area contributed by atoms with Crippen LogP contribution in [0.5, 0.6) is 0 Å². The molecule has 5 unspecified atom stereocenters. The summed E-state index contributed by atoms with van der Waals surface area (Å²) < 4.78 is 4.83. The summed E-state index contributed by atoms with van der Waals surface area (Å²) in [4.78, 5) is 0. The summed E-state index contributed by atoms with van der Waals surface area (Å²) in [5.41, 5.74) is 0. The Hall–Kier alpha value is -0.200. The first-order chi connectivity index (χ1) is 6.57. The van der Waals surface area contributed by atoms with Gasteiger partial charge in [0.05, 0.1) is 12.7 Å². The molecule has 0 aromatic rings. The fourth-order valence-corrected chi connectivity index (χ4v) is 1.23. The van der Waals surface area contributed by atoms with Gasteiger partial charge in [0.2, 0.25) is 0 Å². The zero-order valence-electron chi connectivity index (χ0n) is 8.79. The summed E-state index contributed by atoms with van der Waals surface area (Å²) in [7, 11) is 0. The van der Waals surface area contributed by atoms with Gasteiger partial charge in [0.25, 0.3) is 0 Å². The maximum Gasteiger partial charge on any atom is 0.160 e. The quantitative estimate of drug-likeness (QED) is 0.447. The van der Waals surface area contributed by atoms with Crippen molar-refractivity contribution in [2.45, 2.75) is 45.4 Å². The first kappa shape index (κ1) is 13.8. The SMILES string of the molecule is CC.CC1C(O)OC(CO)C(O)C1O. The van der Waals surface area contributed by atoms with Gasteiger partial charge in [-0.2, -0.15) is 0 Å². The minimum atomic E-state index is -1.13. The molecule has 5 atom stereocenters. The molecule has 1 fully saturated rings. The predicted octanol–water partition coefficient (Wildman–Crippen LogP) is -0.920. The van der Waals surface area contributed by atoms with E-state index >= 15 is 0 Å². The molecule has 5 nitrogen and oxygen atoms in total. The molecule has 1 heterocycles. The monoisotopic (exact) mass is 208 g/mol. The van der Waals surface area contributed by atoms with Crippen molar-refractivity contribution in [3.8, 4) is 0 Å². The average Bonchev–Trinajstić information content (AvgIpc) is 2.23. The van der Waals surface area contributed by atoms with Crippen LogP contribution >= 0.6 is 0 Å². The lowest BCUT2D eigenvalue weighted by Crippen LogP contribution is -2.54. The molecule has 0 aromatic heterocycles. The van der Waals surface area contributed by atoms with Crippen LogP contribution in [0.2, 0.25) is 0 Å². The molecule has 0 saturated carbocycles. The van der Waals surface area contributed by atoms with E-state index in [0.29, 0.717) is 0 Å². The second-order valence-electron chi connectivity index (χ2n) is 3.09. The van der Waals surface area contributed by atoms with Crippen molar-refractivity contribution in [3.63, 3.8) is 0 Å². The fraction of sp³-hybridized carbons (Fsp3) is 1.00. The highest BCUT2D eigenvalue weighted by atomic mass is 16.6. The third kappa shape index (κ3) is 2.90. The molecular formula is C9H20O5. The van der Waals surface area contributed by atoms with Crippen LogP contribution in [-0.2, 0) is 4.74 Å². The van der Waals surface area contributed by atoms with Gasteiger partial charge in [0.15, 0.2) is 6.29 Å². The van der Waals surface area contributed by atoms with Gasteiger partial charge in [-0.25, -0.2) is 0 Å². The van der Waals surface area contributed by atoms with E-state index in [1.807, 2.05) is 13.8 Å². The van der Waals surface area contributed by atoms with Crippen molar-refractivity contribution >= 4 is 0 Å². The van der Waals surface area contributed by atoms with Crippen LogP contribution in [-0.4, -0.2) is 51.6 Å². The molecule has 0 aliphatic carbocycles. The number of aliphatic hydroxyl groups excluding tert-OH is 4. The Morgan fingerprint density at radius 2 is 1.57 bits per heavy atom. The Morgan fingerprint density at radius 1 is 1.07 bits per heavy atom. The predicted molar refractivity (Wildman–Crippen MR) is 50.5 cm³/mol. The van der Waals surface area contributed by atoms with Crippen molar-refractivity contribution < 1.29 is 25.2 Å². The number of hydrogen-bond acceptors (Lipinski definition) is 5. The van der Waals surface area contributed by atoms with Crippen LogP contribution in [0.15, 0.2) is 0 Å². The van der Waals surface area contributed by atoms with Crippen molar-refractivity contribution in [3.05, 3.63) is 0 Å². The van der Waals surface area contributed by atoms with E-state index in [9.17, 15) is 10.2 Å². The highest BCUT2D eigenvalue weighted by molar-refractivity contribution is 4.86. The van der Waals surface area contributed by atoms with E-state index in [0.717, 1.165) is 0 Å². The summed E-state index contributed by atoms with van der Waals surface area (Å²) in [5, 5.41) is 36.4. The summed E-state index contributed by atoms with van der Waals surface area (Å²) in [6, 6.07) is 0. The molecule has 1 saturated heterocycles. The van der Waals surface area contributed by atoms with Crippen LogP contribution in [0, 0.1) is 5.92 Å². The lowest BCUT2D eigenvalue weighted by molar-refractivity contribution is -0.266. The fourth-order valence-electron chi connectivity index (χ4n) is 1.23. The lowest BCUT2D eigenvalue weighted by Gasteiger charge is -2.38. The van der Waals surface area contributed by atoms with Crippen molar-refractivity contribution in [1.29, 1.82) is 0 Å². The molecule has 1 aliphatic rings. The zero-order valence-corrected chi connectivity index (χ0v) is 8.79. The summed E-state index contributed by atoms with van der Waals surface area (Å²) in [6.45, 7) is 5.15. The second kappa shape index (κ2) is 6.31. The number of hydrogen-bond donors (Lipinski definition) is 4. The summed E-state index contributed by atoms with van der Waals surface area (Å²) in [6.07, 6.45) is -4.20. The summed E-state index contributed by atoms with van der Waals surface area (Å²) in [5.74, 6) is -0.539. The van der Waals surface area contributed by atoms with Gasteiger partial charge in [0.1, 0.15) is 12.2 Å². The Balaban J connectivity index is 0.000000791. The van der Waals surface area contributed by atoms with Gasteiger partial charge in [-0.15, -0.1) is 0 Å². The molecule has 0 amide bonds. The zero-order chi connectivity index (χ0) is 11.3. The summed E-state index contributed by atoms with van der Waals surface area (Å²) >= 11 is 0. The minimum Gasteiger partial charge on any atom is -0.394 e. The number of aliphatic hydroxyl groups is 4. The molecule has 0 aromatic carbocycles. The maximum atomic E-state index is 9.32. The van der Waals surface area contributed by atoms with E-state index < -0.39 is 37.1 Å². The Morgan fingerprint density at radius 3 is 2.00 bits per heavy atom. The highest BCUT2D eigenvalue weighted by Gasteiger charge is 2.40. The van der Waals surface area contributed by atoms with E-state index in [4.69, 9.17) is 14.9 Å². The molecule has 5 heteroatoms. The number of rotatable bonds is 1. The van der Waals surface area contributed by atoms with E-state index in [1.54, 1.807) is 6.92 Å². The Labute approximate surface area is 83.9 Å². The Kier molecular flexibility index (Phi) is 6.22. The van der Waals surface area contributed by atoms with Crippen LogP contribution < -0.4 is 0 Å². The first-order valence-corrected chi connectivity index (χ1v) is 4.88. The third-order valence-electron chi connectivity index (χ3n) is 2.21. The molecule has 0 radical (unpaired) electrons. The number of ether oxygens (including phenoxy) is 1. The van der Waals surface area contributed by atoms with Gasteiger partial charge < -0.3 is 25.2 Å². The highest BCUT2D eigenvalue weighted by Crippen LogP contribution is 2.23. The molecule has 0 bridgehead atoms. The average molecular weight is 208 g/mol. The molecule has 4 N–H and O–H groups in total. The van der Waals surface area contributed by atoms with Crippen LogP contribution in [0.3, 0.4) is 0 Å². The lowest BCUT2D eigenvalue weighted by atomic mass is 9.93. The molecule has 86 valence electrons. The first-order valence-electron chi connectivity index (χ1n) is 4.88. The van der Waals surface area contributed by atoms with E-state index in [-0.39, 0.29) is 0 Å². The molecule has 0 spiro atoms. The largest absolute Gasteiger partial charge is 0.394 e. The van der Waals surface area contributed by atoms with Crippen LogP contribution in [0.4, 0.5) is 0 Å². The Bertz CT molecular complexity index is 147. The van der Waals surface area contributed by atoms with Crippen molar-refractivity contribution in [1.82, 2.24) is 0 Å². The van der Waals surface area contributed by atoms with Gasteiger partial charge >= 0.3 is 0 Å².